The lowest BCUT2D eigenvalue weighted by Crippen LogP contribution is -2.40. The van der Waals surface area contributed by atoms with E-state index in [0.717, 1.165) is 0 Å². The van der Waals surface area contributed by atoms with Crippen LogP contribution in [0.1, 0.15) is 10.4 Å². The third-order valence-corrected chi connectivity index (χ3v) is 5.86. The van der Waals surface area contributed by atoms with Gasteiger partial charge in [0.05, 0.1) is 28.7 Å². The third kappa shape index (κ3) is 4.67. The molecule has 0 spiro atoms. The fraction of sp³-hybridized carbons (Fsp3) is 0.533. The highest BCUT2D eigenvalue weighted by Crippen LogP contribution is 2.23. The van der Waals surface area contributed by atoms with Gasteiger partial charge in [-0.15, -0.1) is 0 Å². The molecule has 7 nitrogen and oxygen atoms in total. The predicted molar refractivity (Wildman–Crippen MR) is 91.9 cm³/mol. The molecular weight excluding hydrogens is 354 g/mol. The second kappa shape index (κ2) is 8.26. The van der Waals surface area contributed by atoms with E-state index in [9.17, 15) is 13.2 Å². The molecule has 0 aromatic heterocycles. The number of nitrogens with zero attached hydrogens (tertiary/aromatic N) is 2. The molecule has 0 bridgehead atoms. The molecule has 0 atom stereocenters. The molecule has 0 unspecified atom stereocenters. The van der Waals surface area contributed by atoms with Crippen LogP contribution in [0.15, 0.2) is 23.1 Å². The minimum absolute atomic E-state index is 0.0616. The summed E-state index contributed by atoms with van der Waals surface area (Å²) in [6.07, 6.45) is 0. The predicted octanol–water partition coefficient (Wildman–Crippen LogP) is 0.652. The third-order valence-electron chi connectivity index (χ3n) is 3.63. The van der Waals surface area contributed by atoms with Gasteiger partial charge in [-0.25, -0.2) is 8.42 Å². The number of sulfonamides is 1. The number of hydrogen-bond donors (Lipinski definition) is 1. The van der Waals surface area contributed by atoms with Crippen molar-refractivity contribution in [3.05, 3.63) is 28.8 Å². The molecule has 1 heterocycles. The Morgan fingerprint density at radius 1 is 1.33 bits per heavy atom. The Labute approximate surface area is 147 Å². The van der Waals surface area contributed by atoms with E-state index in [-0.39, 0.29) is 21.4 Å². The number of morpholine rings is 1. The van der Waals surface area contributed by atoms with Crippen molar-refractivity contribution in [2.45, 2.75) is 4.90 Å². The van der Waals surface area contributed by atoms with Crippen molar-refractivity contribution in [2.24, 2.45) is 0 Å². The minimum atomic E-state index is -3.66. The molecule has 1 aromatic carbocycles. The van der Waals surface area contributed by atoms with Gasteiger partial charge in [0.25, 0.3) is 5.91 Å². The largest absolute Gasteiger partial charge is 0.379 e. The number of likely N-dealkylation sites (N-methyl/N-ethyl adjacent to an activating group) is 1. The summed E-state index contributed by atoms with van der Waals surface area (Å²) in [4.78, 5) is 14.3. The molecule has 0 saturated carbocycles. The van der Waals surface area contributed by atoms with Gasteiger partial charge in [0.1, 0.15) is 0 Å². The lowest BCUT2D eigenvalue weighted by Gasteiger charge is -2.26. The first kappa shape index (κ1) is 19.1. The number of ether oxygens (including phenoxy) is 1. The molecule has 1 aliphatic rings. The molecule has 134 valence electrons. The maximum absolute atomic E-state index is 12.7. The Morgan fingerprint density at radius 3 is 2.62 bits per heavy atom. The molecule has 1 N–H and O–H groups in total. The number of benzene rings is 1. The Bertz CT molecular complexity index is 688. The minimum Gasteiger partial charge on any atom is -0.379 e. The number of rotatable bonds is 6. The molecule has 2 rings (SSSR count). The lowest BCUT2D eigenvalue weighted by atomic mass is 10.2. The van der Waals surface area contributed by atoms with E-state index >= 15 is 0 Å². The Morgan fingerprint density at radius 2 is 2.00 bits per heavy atom. The van der Waals surface area contributed by atoms with Crippen LogP contribution in [0.5, 0.6) is 0 Å². The summed E-state index contributed by atoms with van der Waals surface area (Å²) in [6, 6.07) is 4.19. The number of hydrogen-bond acceptors (Lipinski definition) is 5. The van der Waals surface area contributed by atoms with Crippen LogP contribution in [0.3, 0.4) is 0 Å². The zero-order valence-electron chi connectivity index (χ0n) is 13.8. The summed E-state index contributed by atoms with van der Waals surface area (Å²) < 4.78 is 31.9. The van der Waals surface area contributed by atoms with Gasteiger partial charge in [-0.3, -0.25) is 4.79 Å². The molecule has 1 aromatic rings. The van der Waals surface area contributed by atoms with Crippen molar-refractivity contribution in [3.8, 4) is 0 Å². The zero-order chi connectivity index (χ0) is 17.7. The van der Waals surface area contributed by atoms with Gasteiger partial charge in [-0.05, 0) is 32.3 Å². The number of carbonyl (C=O) groups is 1. The smallest absolute Gasteiger partial charge is 0.252 e. The van der Waals surface area contributed by atoms with E-state index in [0.29, 0.717) is 39.4 Å². The van der Waals surface area contributed by atoms with Gasteiger partial charge in [-0.2, -0.15) is 4.31 Å². The van der Waals surface area contributed by atoms with Crippen molar-refractivity contribution in [1.82, 2.24) is 14.5 Å². The van der Waals surface area contributed by atoms with Crippen LogP contribution in [0.4, 0.5) is 0 Å². The molecule has 1 aliphatic heterocycles. The monoisotopic (exact) mass is 375 g/mol. The summed E-state index contributed by atoms with van der Waals surface area (Å²) in [5, 5.41) is 2.96. The fourth-order valence-electron chi connectivity index (χ4n) is 2.26. The van der Waals surface area contributed by atoms with Crippen LogP contribution in [-0.4, -0.2) is 77.0 Å². The Kier molecular flexibility index (Phi) is 6.59. The molecule has 24 heavy (non-hydrogen) atoms. The van der Waals surface area contributed by atoms with E-state index in [1.807, 2.05) is 19.0 Å². The number of nitrogens with one attached hydrogen (secondary N) is 1. The fourth-order valence-corrected chi connectivity index (χ4v) is 3.90. The highest BCUT2D eigenvalue weighted by molar-refractivity contribution is 7.89. The molecule has 1 fully saturated rings. The quantitative estimate of drug-likeness (QED) is 0.789. The van der Waals surface area contributed by atoms with Crippen LogP contribution in [0.2, 0.25) is 5.02 Å². The topological polar surface area (TPSA) is 79.0 Å². The normalized spacial score (nSPS) is 16.3. The first-order valence-corrected chi connectivity index (χ1v) is 9.44. The van der Waals surface area contributed by atoms with Gasteiger partial charge in [0.2, 0.25) is 10.0 Å². The molecule has 1 saturated heterocycles. The lowest BCUT2D eigenvalue weighted by molar-refractivity contribution is 0.0730. The maximum Gasteiger partial charge on any atom is 0.252 e. The van der Waals surface area contributed by atoms with E-state index in [2.05, 4.69) is 5.32 Å². The average molecular weight is 376 g/mol. The standard InChI is InChI=1S/C15H22ClN3O4S/c1-18(2)6-5-17-15(20)13-11-12(3-4-14(13)16)24(21,22)19-7-9-23-10-8-19/h3-4,11H,5-10H2,1-2H3,(H,17,20). The van der Waals surface area contributed by atoms with Crippen LogP contribution >= 0.6 is 11.6 Å². The van der Waals surface area contributed by atoms with Crippen molar-refractivity contribution >= 4 is 27.5 Å². The second-order valence-corrected chi connectivity index (χ2v) is 8.06. The highest BCUT2D eigenvalue weighted by Gasteiger charge is 2.27. The Balaban J connectivity index is 2.19. The maximum atomic E-state index is 12.7. The van der Waals surface area contributed by atoms with Gasteiger partial charge < -0.3 is 15.0 Å². The summed E-state index contributed by atoms with van der Waals surface area (Å²) in [6.45, 7) is 2.46. The highest BCUT2D eigenvalue weighted by atomic mass is 35.5. The van der Waals surface area contributed by atoms with E-state index in [1.54, 1.807) is 0 Å². The second-order valence-electron chi connectivity index (χ2n) is 5.72. The number of carbonyl (C=O) groups excluding carboxylic acids is 1. The van der Waals surface area contributed by atoms with Gasteiger partial charge in [-0.1, -0.05) is 11.6 Å². The van der Waals surface area contributed by atoms with Gasteiger partial charge in [0.15, 0.2) is 0 Å². The SMILES string of the molecule is CN(C)CCNC(=O)c1cc(S(=O)(=O)N2CCOCC2)ccc1Cl. The van der Waals surface area contributed by atoms with E-state index in [1.165, 1.54) is 22.5 Å². The summed E-state index contributed by atoms with van der Waals surface area (Å²) >= 11 is 6.07. The molecule has 0 aliphatic carbocycles. The summed E-state index contributed by atoms with van der Waals surface area (Å²) in [5.41, 5.74) is 0.157. The number of halogens is 1. The number of amides is 1. The first-order valence-electron chi connectivity index (χ1n) is 7.63. The van der Waals surface area contributed by atoms with Crippen LogP contribution in [0, 0.1) is 0 Å². The van der Waals surface area contributed by atoms with E-state index < -0.39 is 10.0 Å². The van der Waals surface area contributed by atoms with Crippen LogP contribution in [-0.2, 0) is 14.8 Å². The average Bonchev–Trinajstić information content (AvgIpc) is 2.55. The molecule has 1 amide bonds. The zero-order valence-corrected chi connectivity index (χ0v) is 15.4. The molecule has 9 heteroatoms. The van der Waals surface area contributed by atoms with Crippen molar-refractivity contribution in [2.75, 3.05) is 53.5 Å². The van der Waals surface area contributed by atoms with Gasteiger partial charge in [0, 0.05) is 26.2 Å². The molecule has 0 radical (unpaired) electrons. The van der Waals surface area contributed by atoms with Crippen molar-refractivity contribution in [1.29, 1.82) is 0 Å². The van der Waals surface area contributed by atoms with Gasteiger partial charge >= 0.3 is 0 Å². The first-order chi connectivity index (χ1) is 11.3. The Hall–Kier alpha value is -1.19. The van der Waals surface area contributed by atoms with Crippen molar-refractivity contribution in [3.63, 3.8) is 0 Å². The summed E-state index contributed by atoms with van der Waals surface area (Å²) in [5.74, 6) is -0.388. The van der Waals surface area contributed by atoms with E-state index in [4.69, 9.17) is 16.3 Å². The van der Waals surface area contributed by atoms with Crippen LogP contribution < -0.4 is 5.32 Å². The molecular formula is C15H22ClN3O4S. The van der Waals surface area contributed by atoms with Crippen molar-refractivity contribution < 1.29 is 17.9 Å². The summed E-state index contributed by atoms with van der Waals surface area (Å²) in [7, 11) is 0.133. The van der Waals surface area contributed by atoms with Crippen LogP contribution in [0.25, 0.3) is 0 Å².